The number of nitrogens with zero attached hydrogens (tertiary/aromatic N) is 2. The molecule has 0 radical (unpaired) electrons. The predicted octanol–water partition coefficient (Wildman–Crippen LogP) is 3.75. The fourth-order valence-electron chi connectivity index (χ4n) is 4.52. The molecule has 4 heteroatoms. The van der Waals surface area contributed by atoms with Crippen molar-refractivity contribution in [3.05, 3.63) is 94.0 Å². The van der Waals surface area contributed by atoms with Crippen molar-refractivity contribution in [2.24, 2.45) is 5.10 Å². The molecule has 0 saturated carbocycles. The third-order valence-corrected chi connectivity index (χ3v) is 6.34. The summed E-state index contributed by atoms with van der Waals surface area (Å²) in [6.45, 7) is 4.17. The van der Waals surface area contributed by atoms with E-state index in [1.165, 1.54) is 22.3 Å². The molecule has 3 aromatic rings. The van der Waals surface area contributed by atoms with Gasteiger partial charge in [-0.05, 0) is 28.8 Å². The van der Waals surface area contributed by atoms with Gasteiger partial charge in [0.1, 0.15) is 6.04 Å². The highest BCUT2D eigenvalue weighted by molar-refractivity contribution is 9.10. The molecule has 3 nitrogen and oxygen atoms in total. The van der Waals surface area contributed by atoms with Crippen LogP contribution in [0.25, 0.3) is 11.1 Å². The first-order chi connectivity index (χ1) is 13.8. The zero-order chi connectivity index (χ0) is 18.9. The SMILES string of the molecule is Brc1cccc(/C=N\N2CC[NH+](C3c4ccccc4-c4ccccc43)CC2)c1. The maximum Gasteiger partial charge on any atom is 0.140 e. The number of nitrogens with one attached hydrogen (secondary N) is 1. The van der Waals surface area contributed by atoms with Crippen LogP contribution in [0.4, 0.5) is 0 Å². The number of halogens is 1. The number of hydrogen-bond acceptors (Lipinski definition) is 2. The van der Waals surface area contributed by atoms with Crippen LogP contribution in [-0.4, -0.2) is 37.4 Å². The minimum atomic E-state index is 0.448. The van der Waals surface area contributed by atoms with E-state index in [2.05, 4.69) is 81.6 Å². The summed E-state index contributed by atoms with van der Waals surface area (Å²) in [7, 11) is 0. The van der Waals surface area contributed by atoms with E-state index in [9.17, 15) is 0 Å². The molecule has 1 saturated heterocycles. The Hall–Kier alpha value is -2.43. The molecule has 0 amide bonds. The van der Waals surface area contributed by atoms with Gasteiger partial charge in [0, 0.05) is 15.6 Å². The van der Waals surface area contributed by atoms with Gasteiger partial charge in [-0.3, -0.25) is 5.01 Å². The van der Waals surface area contributed by atoms with Crippen molar-refractivity contribution in [3.8, 4) is 11.1 Å². The second-order valence-corrected chi connectivity index (χ2v) is 8.43. The molecule has 2 aliphatic rings. The van der Waals surface area contributed by atoms with Crippen molar-refractivity contribution in [1.29, 1.82) is 0 Å². The molecule has 1 N–H and O–H groups in total. The number of hydrogen-bond donors (Lipinski definition) is 1. The molecule has 0 bridgehead atoms. The van der Waals surface area contributed by atoms with Crippen molar-refractivity contribution in [2.75, 3.05) is 26.2 Å². The molecule has 0 atom stereocenters. The van der Waals surface area contributed by atoms with Crippen LogP contribution in [0.15, 0.2) is 82.4 Å². The average molecular weight is 433 g/mol. The normalized spacial score (nSPS) is 17.1. The van der Waals surface area contributed by atoms with Crippen LogP contribution in [0.3, 0.4) is 0 Å². The predicted molar refractivity (Wildman–Crippen MR) is 118 cm³/mol. The Labute approximate surface area is 174 Å². The summed E-state index contributed by atoms with van der Waals surface area (Å²) in [6, 6.07) is 26.5. The summed E-state index contributed by atoms with van der Waals surface area (Å²) in [4.78, 5) is 1.64. The second kappa shape index (κ2) is 7.53. The van der Waals surface area contributed by atoms with Gasteiger partial charge >= 0.3 is 0 Å². The van der Waals surface area contributed by atoms with Crippen LogP contribution >= 0.6 is 15.9 Å². The number of fused-ring (bicyclic) bond motifs is 3. The van der Waals surface area contributed by atoms with Crippen LogP contribution in [0.2, 0.25) is 0 Å². The molecule has 5 rings (SSSR count). The van der Waals surface area contributed by atoms with Gasteiger partial charge in [-0.1, -0.05) is 76.6 Å². The van der Waals surface area contributed by atoms with Gasteiger partial charge in [0.25, 0.3) is 0 Å². The Morgan fingerprint density at radius 1 is 0.857 bits per heavy atom. The van der Waals surface area contributed by atoms with Gasteiger partial charge in [-0.15, -0.1) is 0 Å². The number of piperazine rings is 1. The monoisotopic (exact) mass is 432 g/mol. The van der Waals surface area contributed by atoms with Crippen molar-refractivity contribution >= 4 is 22.1 Å². The number of benzene rings is 3. The molecule has 28 heavy (non-hydrogen) atoms. The third-order valence-electron chi connectivity index (χ3n) is 5.84. The summed E-state index contributed by atoms with van der Waals surface area (Å²) in [5, 5.41) is 6.92. The summed E-state index contributed by atoms with van der Waals surface area (Å²) >= 11 is 3.52. The zero-order valence-corrected chi connectivity index (χ0v) is 17.3. The lowest BCUT2D eigenvalue weighted by Crippen LogP contribution is -3.14. The van der Waals surface area contributed by atoms with E-state index in [4.69, 9.17) is 5.10 Å². The van der Waals surface area contributed by atoms with Crippen LogP contribution in [0.1, 0.15) is 22.7 Å². The summed E-state index contributed by atoms with van der Waals surface area (Å²) in [6.07, 6.45) is 1.97. The average Bonchev–Trinajstić information content (AvgIpc) is 3.07. The topological polar surface area (TPSA) is 20.0 Å². The fourth-order valence-corrected chi connectivity index (χ4v) is 4.93. The third kappa shape index (κ3) is 3.27. The minimum Gasteiger partial charge on any atom is -0.322 e. The first-order valence-corrected chi connectivity index (χ1v) is 10.7. The zero-order valence-electron chi connectivity index (χ0n) is 15.7. The maximum atomic E-state index is 4.72. The number of hydrazone groups is 1. The van der Waals surface area contributed by atoms with E-state index < -0.39 is 0 Å². The first-order valence-electron chi connectivity index (χ1n) is 9.87. The van der Waals surface area contributed by atoms with Crippen LogP contribution in [-0.2, 0) is 0 Å². The largest absolute Gasteiger partial charge is 0.322 e. The lowest BCUT2D eigenvalue weighted by molar-refractivity contribution is -0.929. The molecular weight excluding hydrogens is 410 g/mol. The van der Waals surface area contributed by atoms with E-state index >= 15 is 0 Å². The van der Waals surface area contributed by atoms with E-state index in [1.54, 1.807) is 4.90 Å². The molecule has 1 fully saturated rings. The van der Waals surface area contributed by atoms with Crippen LogP contribution < -0.4 is 4.90 Å². The van der Waals surface area contributed by atoms with Gasteiger partial charge in [0.15, 0.2) is 0 Å². The smallest absolute Gasteiger partial charge is 0.140 e. The van der Waals surface area contributed by atoms with E-state index in [1.807, 2.05) is 18.3 Å². The quantitative estimate of drug-likeness (QED) is 0.624. The molecule has 1 aliphatic heterocycles. The molecular formula is C24H23BrN3+. The molecule has 140 valence electrons. The van der Waals surface area contributed by atoms with E-state index in [-0.39, 0.29) is 0 Å². The molecule has 0 unspecified atom stereocenters. The van der Waals surface area contributed by atoms with Crippen LogP contribution in [0.5, 0.6) is 0 Å². The lowest BCUT2D eigenvalue weighted by Gasteiger charge is -2.34. The second-order valence-electron chi connectivity index (χ2n) is 7.52. The summed E-state index contributed by atoms with van der Waals surface area (Å²) in [5.74, 6) is 0. The van der Waals surface area contributed by atoms with Gasteiger partial charge in [0.2, 0.25) is 0 Å². The lowest BCUT2D eigenvalue weighted by atomic mass is 10.0. The highest BCUT2D eigenvalue weighted by Crippen LogP contribution is 2.41. The Morgan fingerprint density at radius 2 is 1.50 bits per heavy atom. The summed E-state index contributed by atoms with van der Waals surface area (Å²) < 4.78 is 1.09. The molecule has 0 spiro atoms. The van der Waals surface area contributed by atoms with Gasteiger partial charge in [0.05, 0.1) is 32.4 Å². The van der Waals surface area contributed by atoms with Gasteiger partial charge < -0.3 is 4.90 Å². The highest BCUT2D eigenvalue weighted by atomic mass is 79.9. The van der Waals surface area contributed by atoms with Crippen molar-refractivity contribution in [2.45, 2.75) is 6.04 Å². The van der Waals surface area contributed by atoms with Crippen LogP contribution in [0, 0.1) is 0 Å². The summed E-state index contributed by atoms with van der Waals surface area (Å²) in [5.41, 5.74) is 6.90. The van der Waals surface area contributed by atoms with Crippen molar-refractivity contribution in [3.63, 3.8) is 0 Å². The van der Waals surface area contributed by atoms with Gasteiger partial charge in [-0.2, -0.15) is 5.10 Å². The highest BCUT2D eigenvalue weighted by Gasteiger charge is 2.37. The Kier molecular flexibility index (Phi) is 4.75. The minimum absolute atomic E-state index is 0.448. The fraction of sp³-hybridized carbons (Fsp3) is 0.208. The standard InChI is InChI=1S/C24H22BrN3/c25-19-7-5-6-18(16-19)17-26-28-14-12-27(13-15-28)24-22-10-3-1-8-20(22)21-9-2-4-11-23(21)24/h1-11,16-17,24H,12-15H2/p+1/b26-17-. The van der Waals surface area contributed by atoms with Crippen molar-refractivity contribution in [1.82, 2.24) is 5.01 Å². The van der Waals surface area contributed by atoms with E-state index in [0.29, 0.717) is 6.04 Å². The first kappa shape index (κ1) is 17.7. The number of quaternary nitrogens is 1. The van der Waals surface area contributed by atoms with E-state index in [0.717, 1.165) is 36.2 Å². The Morgan fingerprint density at radius 3 is 2.14 bits per heavy atom. The van der Waals surface area contributed by atoms with Gasteiger partial charge in [-0.25, -0.2) is 0 Å². The molecule has 1 heterocycles. The molecule has 3 aromatic carbocycles. The van der Waals surface area contributed by atoms with Crippen molar-refractivity contribution < 1.29 is 4.90 Å². The molecule has 0 aromatic heterocycles. The molecule has 1 aliphatic carbocycles. The Bertz CT molecular complexity index is 976. The maximum absolute atomic E-state index is 4.72. The number of rotatable bonds is 3. The Balaban J connectivity index is 1.32.